The first kappa shape index (κ1) is 16.5. The first-order chi connectivity index (χ1) is 11.6. The van der Waals surface area contributed by atoms with E-state index in [9.17, 15) is 4.79 Å². The second kappa shape index (κ2) is 6.74. The number of carbonyl (C=O) groups excluding carboxylic acids is 1. The number of hydrogen-bond acceptors (Lipinski definition) is 2. The molecule has 4 saturated carbocycles. The molecule has 0 heterocycles. The fraction of sp³-hybridized carbons (Fsp3) is 0.667. The molecule has 5 rings (SSSR count). The zero-order valence-electron chi connectivity index (χ0n) is 14.7. The molecular weight excluding hydrogens is 314 g/mol. The molecule has 1 amide bonds. The highest BCUT2D eigenvalue weighted by Gasteiger charge is 2.52. The largest absolute Gasteiger partial charge is 0.355 e. The molecule has 4 bridgehead atoms. The van der Waals surface area contributed by atoms with E-state index in [1.54, 1.807) is 0 Å². The van der Waals surface area contributed by atoms with E-state index < -0.39 is 0 Å². The molecule has 4 fully saturated rings. The van der Waals surface area contributed by atoms with Crippen LogP contribution in [0.1, 0.15) is 51.0 Å². The Morgan fingerprint density at radius 1 is 1.12 bits per heavy atom. The van der Waals surface area contributed by atoms with E-state index in [0.717, 1.165) is 30.7 Å². The molecule has 3 heteroatoms. The Balaban J connectivity index is 1.28. The molecular formula is C21H29NOS. The van der Waals surface area contributed by atoms with Crippen molar-refractivity contribution in [3.8, 4) is 0 Å². The molecule has 130 valence electrons. The molecule has 0 aliphatic heterocycles. The molecule has 1 atom stereocenters. The van der Waals surface area contributed by atoms with Gasteiger partial charge < -0.3 is 5.32 Å². The van der Waals surface area contributed by atoms with Crippen molar-refractivity contribution in [2.45, 2.75) is 61.9 Å². The molecule has 2 nitrogen and oxygen atoms in total. The van der Waals surface area contributed by atoms with Crippen LogP contribution in [0.4, 0.5) is 0 Å². The fourth-order valence-electron chi connectivity index (χ4n) is 5.72. The van der Waals surface area contributed by atoms with Crippen LogP contribution in [0.2, 0.25) is 0 Å². The zero-order chi connectivity index (χ0) is 16.6. The van der Waals surface area contributed by atoms with Crippen LogP contribution < -0.4 is 5.32 Å². The summed E-state index contributed by atoms with van der Waals surface area (Å²) in [6.45, 7) is 2.86. The van der Waals surface area contributed by atoms with Gasteiger partial charge in [-0.1, -0.05) is 30.3 Å². The van der Waals surface area contributed by atoms with Crippen molar-refractivity contribution in [2.24, 2.45) is 17.8 Å². The van der Waals surface area contributed by atoms with Gasteiger partial charge in [0.1, 0.15) is 0 Å². The van der Waals surface area contributed by atoms with E-state index in [1.807, 2.05) is 17.8 Å². The van der Waals surface area contributed by atoms with Gasteiger partial charge in [-0.15, -0.1) is 11.8 Å². The van der Waals surface area contributed by atoms with Crippen LogP contribution in [-0.2, 0) is 11.2 Å². The van der Waals surface area contributed by atoms with Gasteiger partial charge >= 0.3 is 0 Å². The summed E-state index contributed by atoms with van der Waals surface area (Å²) in [6.07, 6.45) is 9.43. The van der Waals surface area contributed by atoms with Crippen LogP contribution in [0.5, 0.6) is 0 Å². The lowest BCUT2D eigenvalue weighted by molar-refractivity contribution is -0.120. The number of hydrogen-bond donors (Lipinski definition) is 1. The number of thioether (sulfide) groups is 1. The number of nitrogens with one attached hydrogen (secondary N) is 1. The number of amides is 1. The summed E-state index contributed by atoms with van der Waals surface area (Å²) in [6, 6.07) is 10.4. The number of rotatable bonds is 6. The molecule has 0 aromatic heterocycles. The van der Waals surface area contributed by atoms with E-state index in [2.05, 4.69) is 36.5 Å². The lowest BCUT2D eigenvalue weighted by Gasteiger charge is -2.57. The fourth-order valence-corrected chi connectivity index (χ4v) is 7.66. The van der Waals surface area contributed by atoms with Crippen molar-refractivity contribution in [2.75, 3.05) is 6.54 Å². The predicted molar refractivity (Wildman–Crippen MR) is 101 cm³/mol. The summed E-state index contributed by atoms with van der Waals surface area (Å²) in [7, 11) is 0. The number of carbonyl (C=O) groups is 1. The molecule has 0 radical (unpaired) electrons. The zero-order valence-corrected chi connectivity index (χ0v) is 15.5. The van der Waals surface area contributed by atoms with E-state index in [0.29, 0.717) is 4.75 Å². The maximum Gasteiger partial charge on any atom is 0.232 e. The van der Waals surface area contributed by atoms with Crippen molar-refractivity contribution in [3.05, 3.63) is 35.9 Å². The second-order valence-corrected chi connectivity index (χ2v) is 10.2. The maximum absolute atomic E-state index is 12.5. The first-order valence-corrected chi connectivity index (χ1v) is 10.5. The van der Waals surface area contributed by atoms with Crippen LogP contribution in [-0.4, -0.2) is 22.4 Å². The van der Waals surface area contributed by atoms with Crippen molar-refractivity contribution in [1.29, 1.82) is 0 Å². The standard InChI is InChI=1S/C21H29NOS/c1-15(20(23)22-8-7-16-5-3-2-4-6-16)24-21-12-17-9-18(13-21)11-19(10-17)14-21/h2-6,15,17-19H,7-14H2,1H3,(H,22,23)/t15-,17?,18?,19?,21?/m0/s1. The van der Waals surface area contributed by atoms with Crippen LogP contribution in [0.3, 0.4) is 0 Å². The van der Waals surface area contributed by atoms with Gasteiger partial charge in [0.25, 0.3) is 0 Å². The van der Waals surface area contributed by atoms with E-state index in [1.165, 1.54) is 44.1 Å². The third-order valence-corrected chi connectivity index (χ3v) is 7.90. The lowest BCUT2D eigenvalue weighted by atomic mass is 9.56. The van der Waals surface area contributed by atoms with Crippen LogP contribution >= 0.6 is 11.8 Å². The van der Waals surface area contributed by atoms with Crippen LogP contribution in [0.15, 0.2) is 30.3 Å². The van der Waals surface area contributed by atoms with Crippen molar-refractivity contribution in [3.63, 3.8) is 0 Å². The SMILES string of the molecule is C[C@H](SC12CC3CC(CC(C3)C1)C2)C(=O)NCCc1ccccc1. The second-order valence-electron chi connectivity index (χ2n) is 8.39. The minimum atomic E-state index is 0.0806. The Hall–Kier alpha value is -0.960. The van der Waals surface area contributed by atoms with Gasteiger partial charge in [-0.05, 0) is 75.2 Å². The predicted octanol–water partition coefficient (Wildman–Crippen LogP) is 4.44. The molecule has 0 unspecified atom stereocenters. The van der Waals surface area contributed by atoms with Gasteiger partial charge in [0, 0.05) is 11.3 Å². The highest BCUT2D eigenvalue weighted by atomic mass is 32.2. The van der Waals surface area contributed by atoms with Crippen molar-refractivity contribution < 1.29 is 4.79 Å². The average molecular weight is 344 g/mol. The molecule has 1 N–H and O–H groups in total. The Kier molecular flexibility index (Phi) is 4.64. The minimum absolute atomic E-state index is 0.0806. The smallest absolute Gasteiger partial charge is 0.232 e. The highest BCUT2D eigenvalue weighted by Crippen LogP contribution is 2.61. The summed E-state index contributed by atoms with van der Waals surface area (Å²) in [5.41, 5.74) is 1.29. The van der Waals surface area contributed by atoms with E-state index in [-0.39, 0.29) is 11.2 Å². The summed E-state index contributed by atoms with van der Waals surface area (Å²) in [5, 5.41) is 3.23. The van der Waals surface area contributed by atoms with Gasteiger partial charge in [-0.3, -0.25) is 4.79 Å². The normalized spacial score (nSPS) is 35.0. The molecule has 24 heavy (non-hydrogen) atoms. The van der Waals surface area contributed by atoms with E-state index >= 15 is 0 Å². The highest BCUT2D eigenvalue weighted by molar-refractivity contribution is 8.01. The lowest BCUT2D eigenvalue weighted by Crippen LogP contribution is -2.50. The summed E-state index contributed by atoms with van der Waals surface area (Å²) in [4.78, 5) is 12.5. The van der Waals surface area contributed by atoms with Gasteiger partial charge in [-0.2, -0.15) is 0 Å². The summed E-state index contributed by atoms with van der Waals surface area (Å²) < 4.78 is 0.422. The van der Waals surface area contributed by atoms with Gasteiger partial charge in [-0.25, -0.2) is 0 Å². The topological polar surface area (TPSA) is 29.1 Å². The van der Waals surface area contributed by atoms with E-state index in [4.69, 9.17) is 0 Å². The Morgan fingerprint density at radius 2 is 1.71 bits per heavy atom. The quantitative estimate of drug-likeness (QED) is 0.827. The van der Waals surface area contributed by atoms with Gasteiger partial charge in [0.15, 0.2) is 0 Å². The van der Waals surface area contributed by atoms with Crippen molar-refractivity contribution >= 4 is 17.7 Å². The Morgan fingerprint density at radius 3 is 2.29 bits per heavy atom. The third kappa shape index (κ3) is 3.51. The molecule has 4 aliphatic carbocycles. The number of benzene rings is 1. The average Bonchev–Trinajstić information content (AvgIpc) is 2.54. The molecule has 1 aromatic carbocycles. The monoisotopic (exact) mass is 343 g/mol. The van der Waals surface area contributed by atoms with Gasteiger partial charge in [0.05, 0.1) is 5.25 Å². The van der Waals surface area contributed by atoms with Gasteiger partial charge in [0.2, 0.25) is 5.91 Å². The Labute approximate surface area is 150 Å². The van der Waals surface area contributed by atoms with Crippen LogP contribution in [0, 0.1) is 17.8 Å². The van der Waals surface area contributed by atoms with Crippen molar-refractivity contribution in [1.82, 2.24) is 5.32 Å². The summed E-state index contributed by atoms with van der Waals surface area (Å²) >= 11 is 2.00. The maximum atomic E-state index is 12.5. The minimum Gasteiger partial charge on any atom is -0.355 e. The Bertz CT molecular complexity index is 549. The molecule has 1 aromatic rings. The molecule has 0 spiro atoms. The van der Waals surface area contributed by atoms with Crippen LogP contribution in [0.25, 0.3) is 0 Å². The third-order valence-electron chi connectivity index (χ3n) is 6.33. The molecule has 4 aliphatic rings. The summed E-state index contributed by atoms with van der Waals surface area (Å²) in [5.74, 6) is 3.10. The first-order valence-electron chi connectivity index (χ1n) is 9.61. The molecule has 0 saturated heterocycles.